The second-order valence-electron chi connectivity index (χ2n) is 8.96. The second-order valence-corrected chi connectivity index (χ2v) is 9.97. The number of aromatic nitrogens is 1. The molecule has 8 nitrogen and oxygen atoms in total. The summed E-state index contributed by atoms with van der Waals surface area (Å²) in [4.78, 5) is 31.2. The van der Waals surface area contributed by atoms with Gasteiger partial charge in [0.1, 0.15) is 5.76 Å². The molecule has 0 bridgehead atoms. The van der Waals surface area contributed by atoms with Crippen molar-refractivity contribution in [3.8, 4) is 0 Å². The van der Waals surface area contributed by atoms with Crippen LogP contribution in [0.5, 0.6) is 0 Å². The van der Waals surface area contributed by atoms with Crippen molar-refractivity contribution in [1.82, 2.24) is 9.47 Å². The number of amidine groups is 1. The number of nitrogens with zero attached hydrogens (tertiary/aromatic N) is 4. The monoisotopic (exact) mass is 534 g/mol. The van der Waals surface area contributed by atoms with Gasteiger partial charge in [-0.05, 0) is 53.7 Å². The summed E-state index contributed by atoms with van der Waals surface area (Å²) in [5.41, 5.74) is 3.67. The molecule has 0 N–H and O–H groups in total. The summed E-state index contributed by atoms with van der Waals surface area (Å²) in [7, 11) is 0. The van der Waals surface area contributed by atoms with Crippen LogP contribution in [0.4, 0.5) is 11.4 Å². The molecule has 0 atom stereocenters. The lowest BCUT2D eigenvalue weighted by Gasteiger charge is -2.13. The Balaban J connectivity index is 1.36. The van der Waals surface area contributed by atoms with Crippen molar-refractivity contribution in [2.24, 2.45) is 4.99 Å². The highest BCUT2D eigenvalue weighted by Crippen LogP contribution is 2.36. The van der Waals surface area contributed by atoms with Crippen LogP contribution in [-0.2, 0) is 17.9 Å². The van der Waals surface area contributed by atoms with Gasteiger partial charge >= 0.3 is 0 Å². The summed E-state index contributed by atoms with van der Waals surface area (Å²) in [5, 5.41) is 12.6. The Bertz CT molecular complexity index is 1720. The van der Waals surface area contributed by atoms with E-state index in [2.05, 4.69) is 4.57 Å². The number of non-ortho nitro benzene ring substituents is 1. The van der Waals surface area contributed by atoms with E-state index in [4.69, 9.17) is 9.41 Å². The Morgan fingerprint density at radius 1 is 0.923 bits per heavy atom. The minimum absolute atomic E-state index is 0.0605. The van der Waals surface area contributed by atoms with Crippen LogP contribution < -0.4 is 0 Å². The van der Waals surface area contributed by atoms with Crippen molar-refractivity contribution in [3.63, 3.8) is 0 Å². The molecule has 1 saturated heterocycles. The Labute approximate surface area is 228 Å². The third kappa shape index (κ3) is 5.12. The molecule has 0 saturated carbocycles. The summed E-state index contributed by atoms with van der Waals surface area (Å²) in [6.45, 7) is 0.817. The predicted molar refractivity (Wildman–Crippen MR) is 152 cm³/mol. The zero-order valence-electron chi connectivity index (χ0n) is 20.6. The molecule has 1 aliphatic heterocycles. The van der Waals surface area contributed by atoms with Crippen LogP contribution >= 0.6 is 11.8 Å². The summed E-state index contributed by atoms with van der Waals surface area (Å²) >= 11 is 1.34. The normalized spacial score (nSPS) is 15.6. The van der Waals surface area contributed by atoms with E-state index < -0.39 is 4.92 Å². The first kappa shape index (κ1) is 24.4. The van der Waals surface area contributed by atoms with Crippen molar-refractivity contribution in [2.45, 2.75) is 13.1 Å². The average molecular weight is 535 g/mol. The summed E-state index contributed by atoms with van der Waals surface area (Å²) in [6, 6.07) is 27.7. The van der Waals surface area contributed by atoms with Crippen molar-refractivity contribution in [2.75, 3.05) is 0 Å². The highest BCUT2D eigenvalue weighted by atomic mass is 32.2. The lowest BCUT2D eigenvalue weighted by molar-refractivity contribution is -0.384. The second kappa shape index (κ2) is 10.5. The lowest BCUT2D eigenvalue weighted by Crippen LogP contribution is -2.28. The summed E-state index contributed by atoms with van der Waals surface area (Å²) in [6.07, 6.45) is 5.51. The number of aliphatic imine (C=N–C) groups is 1. The molecular weight excluding hydrogens is 512 g/mol. The maximum absolute atomic E-state index is 13.6. The van der Waals surface area contributed by atoms with Gasteiger partial charge in [-0.3, -0.25) is 19.8 Å². The number of fused-ring (bicyclic) bond motifs is 1. The molecule has 1 amide bonds. The number of carbonyl (C=O) groups is 1. The van der Waals surface area contributed by atoms with Gasteiger partial charge in [-0.1, -0.05) is 48.5 Å². The van der Waals surface area contributed by atoms with Crippen LogP contribution in [0, 0.1) is 10.1 Å². The number of rotatable bonds is 7. The van der Waals surface area contributed by atoms with E-state index in [1.165, 1.54) is 23.9 Å². The maximum atomic E-state index is 13.6. The fourth-order valence-corrected chi connectivity index (χ4v) is 5.47. The van der Waals surface area contributed by atoms with Crippen molar-refractivity contribution < 1.29 is 14.1 Å². The van der Waals surface area contributed by atoms with Crippen molar-refractivity contribution in [3.05, 3.63) is 135 Å². The SMILES string of the molecule is O=C1/C(=C/c2cn(Cc3ccc([N+](=O)[O-])cc3)c3ccccc23)SC(=Nc2ccccc2)N1Cc1ccco1. The Kier molecular flexibility index (Phi) is 6.56. The fraction of sp³-hybridized carbons (Fsp3) is 0.0667. The largest absolute Gasteiger partial charge is 0.467 e. The highest BCUT2D eigenvalue weighted by Gasteiger charge is 2.34. The van der Waals surface area contributed by atoms with Gasteiger partial charge in [0.25, 0.3) is 11.6 Å². The van der Waals surface area contributed by atoms with Gasteiger partial charge in [-0.15, -0.1) is 0 Å². The molecule has 0 aliphatic carbocycles. The van der Waals surface area contributed by atoms with Gasteiger partial charge in [0.05, 0.1) is 28.3 Å². The topological polar surface area (TPSA) is 93.9 Å². The molecular formula is C30H22N4O4S. The number of hydrogen-bond donors (Lipinski definition) is 0. The van der Waals surface area contributed by atoms with Gasteiger partial charge < -0.3 is 8.98 Å². The van der Waals surface area contributed by atoms with Crippen molar-refractivity contribution in [1.29, 1.82) is 0 Å². The summed E-state index contributed by atoms with van der Waals surface area (Å²) in [5.74, 6) is 0.531. The van der Waals surface area contributed by atoms with Crippen LogP contribution in [0.1, 0.15) is 16.9 Å². The molecule has 9 heteroatoms. The van der Waals surface area contributed by atoms with Crippen LogP contribution in [0.2, 0.25) is 0 Å². The molecule has 192 valence electrons. The third-order valence-electron chi connectivity index (χ3n) is 6.37. The first-order valence-corrected chi connectivity index (χ1v) is 13.1. The van der Waals surface area contributed by atoms with Gasteiger partial charge in [0.2, 0.25) is 0 Å². The molecule has 3 aromatic carbocycles. The molecule has 0 unspecified atom stereocenters. The number of nitro groups is 1. The number of benzene rings is 3. The molecule has 0 spiro atoms. The van der Waals surface area contributed by atoms with Gasteiger partial charge in [-0.25, -0.2) is 4.99 Å². The molecule has 0 radical (unpaired) electrons. The molecule has 3 heterocycles. The van der Waals surface area contributed by atoms with E-state index in [9.17, 15) is 14.9 Å². The molecule has 6 rings (SSSR count). The van der Waals surface area contributed by atoms with Crippen LogP contribution in [-0.4, -0.2) is 25.5 Å². The van der Waals surface area contributed by atoms with Gasteiger partial charge in [-0.2, -0.15) is 0 Å². The van der Waals surface area contributed by atoms with E-state index in [1.807, 2.05) is 72.9 Å². The lowest BCUT2D eigenvalue weighted by atomic mass is 10.1. The minimum Gasteiger partial charge on any atom is -0.467 e. The van der Waals surface area contributed by atoms with E-state index >= 15 is 0 Å². The first-order valence-electron chi connectivity index (χ1n) is 12.2. The smallest absolute Gasteiger partial charge is 0.269 e. The zero-order valence-corrected chi connectivity index (χ0v) is 21.5. The van der Waals surface area contributed by atoms with E-state index in [0.717, 1.165) is 27.7 Å². The molecule has 5 aromatic rings. The van der Waals surface area contributed by atoms with Crippen LogP contribution in [0.3, 0.4) is 0 Å². The highest BCUT2D eigenvalue weighted by molar-refractivity contribution is 8.18. The predicted octanol–water partition coefficient (Wildman–Crippen LogP) is 7.00. The molecule has 2 aromatic heterocycles. The summed E-state index contributed by atoms with van der Waals surface area (Å²) < 4.78 is 7.61. The number of amides is 1. The van der Waals surface area contributed by atoms with Crippen LogP contribution in [0.15, 0.2) is 118 Å². The van der Waals surface area contributed by atoms with E-state index in [1.54, 1.807) is 29.4 Å². The zero-order chi connectivity index (χ0) is 26.8. The standard InChI is InChI=1S/C30H22N4O4S/c35-29-28(39-30(31-23-7-2-1-3-8-23)33(29)20-25-9-6-16-38-25)17-22-19-32(27-11-5-4-10-26(22)27)18-21-12-14-24(15-13-21)34(36)37/h1-17,19H,18,20H2/b28-17-,31-30?. The van der Waals surface area contributed by atoms with E-state index in [0.29, 0.717) is 22.4 Å². The number of hydrogen-bond acceptors (Lipinski definition) is 6. The number of nitro benzene ring substituents is 1. The number of thioether (sulfide) groups is 1. The Hall–Kier alpha value is -4.89. The maximum Gasteiger partial charge on any atom is 0.269 e. The quantitative estimate of drug-likeness (QED) is 0.127. The molecule has 39 heavy (non-hydrogen) atoms. The Morgan fingerprint density at radius 2 is 1.69 bits per heavy atom. The molecule has 1 fully saturated rings. The average Bonchev–Trinajstić information content (AvgIpc) is 3.66. The Morgan fingerprint density at radius 3 is 2.44 bits per heavy atom. The third-order valence-corrected chi connectivity index (χ3v) is 7.38. The van der Waals surface area contributed by atoms with Gasteiger partial charge in [0, 0.05) is 41.3 Å². The molecule has 1 aliphatic rings. The minimum atomic E-state index is -0.403. The van der Waals surface area contributed by atoms with Crippen molar-refractivity contribution >= 4 is 51.2 Å². The number of para-hydroxylation sites is 2. The fourth-order valence-electron chi connectivity index (χ4n) is 4.48. The van der Waals surface area contributed by atoms with E-state index in [-0.39, 0.29) is 18.1 Å². The number of carbonyl (C=O) groups excluding carboxylic acids is 1. The first-order chi connectivity index (χ1) is 19.0. The van der Waals surface area contributed by atoms with Crippen LogP contribution in [0.25, 0.3) is 17.0 Å². The number of furan rings is 1. The van der Waals surface area contributed by atoms with Gasteiger partial charge in [0.15, 0.2) is 5.17 Å².